The van der Waals surface area contributed by atoms with Gasteiger partial charge in [0.2, 0.25) is 0 Å². The highest BCUT2D eigenvalue weighted by Gasteiger charge is 2.76. The Hall–Kier alpha value is -1.20. The van der Waals surface area contributed by atoms with E-state index in [9.17, 15) is 20.4 Å². The summed E-state index contributed by atoms with van der Waals surface area (Å²) in [5, 5.41) is 43.7. The van der Waals surface area contributed by atoms with Crippen LogP contribution in [0.15, 0.2) is 47.1 Å². The van der Waals surface area contributed by atoms with Crippen molar-refractivity contribution in [1.29, 1.82) is 0 Å². The number of rotatable bonds is 5. The fraction of sp³-hybridized carbons (Fsp3) is 0.935. The van der Waals surface area contributed by atoms with E-state index in [4.69, 9.17) is 0 Å². The minimum atomic E-state index is -0.125. The summed E-state index contributed by atoms with van der Waals surface area (Å²) < 4.78 is 0. The van der Waals surface area contributed by atoms with Crippen molar-refractivity contribution >= 4 is 0 Å². The monoisotopic (exact) mass is 1760 g/mol. The highest BCUT2D eigenvalue weighted by Crippen LogP contribution is 2.84. The third kappa shape index (κ3) is 13.3. The van der Waals surface area contributed by atoms with Gasteiger partial charge in [-0.2, -0.15) is 0 Å². The summed E-state index contributed by atoms with van der Waals surface area (Å²) in [6, 6.07) is 0. The Morgan fingerprint density at radius 1 is 0.328 bits per heavy atom. The van der Waals surface area contributed by atoms with Gasteiger partial charge in [0.05, 0.1) is 24.4 Å². The predicted octanol–water partition coefficient (Wildman–Crippen LogP) is 33.9. The molecule has 0 spiro atoms. The van der Waals surface area contributed by atoms with Crippen LogP contribution in [0.4, 0.5) is 0 Å². The van der Waals surface area contributed by atoms with Crippen LogP contribution in [0.5, 0.6) is 0 Å². The second-order valence-electron chi connectivity index (χ2n) is 60.0. The molecule has 0 aliphatic heterocycles. The van der Waals surface area contributed by atoms with Crippen LogP contribution in [-0.4, -0.2) is 44.8 Å². The standard InChI is InChI=1S/4C31H52O/c1-9-31-17-12-20(2)21(3)26(31)22-10-11-24-28(6)15-14-25(32)27(4,5)23(28)13-16-30(24,8)29(22,7)18-19-31;1-9-31-17-12-21(20(2)3)26(31)22-10-11-24-28(6)15-14-25(32)27(4,5)23(28)13-16-30(24,8)29(22,7)18-19-31;2*1-9-31-18-16-26(2,3)20-22(31)21-10-11-24-28(6)14-13-25(32)27(4,5)23(28)12-15-30(24,8)29(21,7)17-19-31/h10,20-21,23-26,32H,9,11-19H2,1-8H3;21-26,32H,2,9-19H2,1,3-8H3;20-21,23-25,32H,9-19H2,1-8H3;10,22-25,32H,9,11-20H2,1-8H3/t20-,21+,23+,24-,25+,26+,28+,29-,30-,31-;21-,22+,23-,24+,25-,26+,28-,29+,30+,31+;21-,23+,24-,25+,28+,29-,30-,31-;22-,23-,24+,25-,28-,29+,30+,31+/m1010/s1. The van der Waals surface area contributed by atoms with Gasteiger partial charge in [0.25, 0.3) is 0 Å². The van der Waals surface area contributed by atoms with Crippen LogP contribution in [0.25, 0.3) is 0 Å². The average molecular weight is 1760 g/mol. The SMILES string of the molecule is C=C(C)[C@@H]1CC[C@]2(CC)CC[C@]3(C)[C@H](CC[C@@H]4[C@@]5(C)CC[C@H](O)C(C)(C)[C@@H]5CC[C@]43C)[C@@H]12.CC[C@]12CCC(C)(C)C=C1[C@H]1CC[C@@H]3[C@@]4(C)CC[C@H](O)C(C)(C)[C@@H]4CC[C@@]3(C)[C@]1(C)CC2.CC[C@]12CCC(C)(C)C[C@H]1C1=CC[C@@H]3[C@@]4(C)CC[C@H](O)C(C)(C)[C@@H]4CC[C@@]3(C)[C@]1(C)CC2.CC[C@]12CC[C@@H](C)[C@H](C)[C@H]1C1=CC[C@@H]3[C@@]4(C)CC[C@H](O)C(C)(C)[C@@H]4CC[C@@]3(C)[C@]1(C)CC2. The fourth-order valence-electron chi connectivity index (χ4n) is 45.1. The molecule has 4 nitrogen and oxygen atoms in total. The van der Waals surface area contributed by atoms with E-state index < -0.39 is 0 Å². The van der Waals surface area contributed by atoms with Gasteiger partial charge in [0.1, 0.15) is 0 Å². The Labute approximate surface area is 791 Å². The zero-order valence-corrected chi connectivity index (χ0v) is 90.2. The molecule has 0 amide bonds. The molecule has 36 atom stereocenters. The number of allylic oxidation sites excluding steroid dienone is 7. The molecule has 20 aliphatic rings. The van der Waals surface area contributed by atoms with E-state index in [1.54, 1.807) is 0 Å². The molecular weight excluding hydrogens is 1550 g/mol. The molecule has 20 rings (SSSR count). The number of fused-ring (bicyclic) bond motifs is 28. The van der Waals surface area contributed by atoms with E-state index in [0.717, 1.165) is 96.7 Å². The van der Waals surface area contributed by atoms with Crippen LogP contribution in [-0.2, 0) is 0 Å². The Balaban J connectivity index is 0.000000120. The van der Waals surface area contributed by atoms with Crippen molar-refractivity contribution in [2.24, 2.45) is 214 Å². The lowest BCUT2D eigenvalue weighted by Gasteiger charge is -2.73. The van der Waals surface area contributed by atoms with Crippen molar-refractivity contribution in [3.8, 4) is 0 Å². The lowest BCUT2D eigenvalue weighted by molar-refractivity contribution is -0.247. The van der Waals surface area contributed by atoms with Gasteiger partial charge in [-0.25, -0.2) is 0 Å². The molecule has 17 fully saturated rings. The van der Waals surface area contributed by atoms with Crippen LogP contribution in [0.3, 0.4) is 0 Å². The van der Waals surface area contributed by atoms with E-state index >= 15 is 0 Å². The molecule has 0 unspecified atom stereocenters. The van der Waals surface area contributed by atoms with Crippen molar-refractivity contribution in [3.63, 3.8) is 0 Å². The van der Waals surface area contributed by atoms with E-state index in [2.05, 4.69) is 239 Å². The van der Waals surface area contributed by atoms with Gasteiger partial charge >= 0.3 is 0 Å². The van der Waals surface area contributed by atoms with Crippen molar-refractivity contribution < 1.29 is 20.4 Å². The summed E-state index contributed by atoms with van der Waals surface area (Å²) in [6.07, 6.45) is 65.6. The van der Waals surface area contributed by atoms with E-state index in [1.807, 2.05) is 16.7 Å². The van der Waals surface area contributed by atoms with Crippen LogP contribution in [0.2, 0.25) is 0 Å². The smallest absolute Gasteiger partial charge is 0.0594 e. The van der Waals surface area contributed by atoms with Gasteiger partial charge in [-0.1, -0.05) is 261 Å². The molecule has 4 heteroatoms. The molecule has 0 saturated heterocycles. The minimum Gasteiger partial charge on any atom is -0.393 e. The first-order valence-electron chi connectivity index (χ1n) is 56.8. The summed E-state index contributed by atoms with van der Waals surface area (Å²) >= 11 is 0. The molecule has 128 heavy (non-hydrogen) atoms. The molecule has 0 heterocycles. The van der Waals surface area contributed by atoms with Gasteiger partial charge in [-0.15, -0.1) is 0 Å². The van der Waals surface area contributed by atoms with Crippen LogP contribution >= 0.6 is 0 Å². The van der Waals surface area contributed by atoms with E-state index in [0.29, 0.717) is 121 Å². The Kier molecular flexibility index (Phi) is 24.3. The Morgan fingerprint density at radius 3 is 1.20 bits per heavy atom. The third-order valence-electron chi connectivity index (χ3n) is 54.7. The van der Waals surface area contributed by atoms with Gasteiger partial charge in [0, 0.05) is 0 Å². The second-order valence-corrected chi connectivity index (χ2v) is 60.0. The Bertz CT molecular complexity index is 4250. The van der Waals surface area contributed by atoms with Gasteiger partial charge in [-0.3, -0.25) is 0 Å². The molecular formula is C124H208O4. The quantitative estimate of drug-likeness (QED) is 0.207. The van der Waals surface area contributed by atoms with Crippen molar-refractivity contribution in [2.45, 2.75) is 515 Å². The highest BCUT2D eigenvalue weighted by atomic mass is 16.3. The summed E-state index contributed by atoms with van der Waals surface area (Å²) in [5.74, 6) is 12.4. The molecule has 20 aliphatic carbocycles. The molecule has 0 bridgehead atoms. The van der Waals surface area contributed by atoms with Crippen LogP contribution < -0.4 is 0 Å². The van der Waals surface area contributed by atoms with Crippen LogP contribution in [0.1, 0.15) is 491 Å². The molecule has 4 N–H and O–H groups in total. The molecule has 0 aromatic heterocycles. The number of aliphatic hydroxyl groups excluding tert-OH is 4. The number of hydrogen-bond donors (Lipinski definition) is 4. The second kappa shape index (κ2) is 31.7. The first-order valence-corrected chi connectivity index (χ1v) is 56.8. The van der Waals surface area contributed by atoms with Crippen LogP contribution in [0, 0.1) is 214 Å². The maximum Gasteiger partial charge on any atom is 0.0594 e. The molecule has 17 saturated carbocycles. The zero-order valence-electron chi connectivity index (χ0n) is 90.2. The topological polar surface area (TPSA) is 80.9 Å². The van der Waals surface area contributed by atoms with Crippen molar-refractivity contribution in [2.75, 3.05) is 0 Å². The van der Waals surface area contributed by atoms with E-state index in [1.165, 1.54) is 256 Å². The maximum atomic E-state index is 10.9. The largest absolute Gasteiger partial charge is 0.393 e. The number of aliphatic hydroxyl groups is 4. The van der Waals surface area contributed by atoms with Gasteiger partial charge in [-0.05, 0) is 490 Å². The first kappa shape index (κ1) is 98.4. The molecule has 728 valence electrons. The summed E-state index contributed by atoms with van der Waals surface area (Å²) in [5.41, 5.74) is 15.3. The fourth-order valence-corrected chi connectivity index (χ4v) is 45.1. The normalized spacial score (nSPS) is 55.3. The first-order chi connectivity index (χ1) is 59.3. The van der Waals surface area contributed by atoms with E-state index in [-0.39, 0.29) is 46.1 Å². The minimum absolute atomic E-state index is 0.0521. The lowest BCUT2D eigenvalue weighted by atomic mass is 9.32. The summed E-state index contributed by atoms with van der Waals surface area (Å²) in [7, 11) is 0. The lowest BCUT2D eigenvalue weighted by Crippen LogP contribution is -2.66. The van der Waals surface area contributed by atoms with Gasteiger partial charge < -0.3 is 20.4 Å². The summed E-state index contributed by atoms with van der Waals surface area (Å²) in [6.45, 7) is 83.4. The molecule has 0 aromatic carbocycles. The third-order valence-corrected chi connectivity index (χ3v) is 54.7. The molecule has 0 radical (unpaired) electrons. The number of hydrogen-bond acceptors (Lipinski definition) is 4. The average Bonchev–Trinajstić information content (AvgIpc) is 1.12. The zero-order chi connectivity index (χ0) is 93.4. The predicted molar refractivity (Wildman–Crippen MR) is 541 cm³/mol. The van der Waals surface area contributed by atoms with Crippen molar-refractivity contribution in [1.82, 2.24) is 0 Å². The Morgan fingerprint density at radius 2 is 0.727 bits per heavy atom. The highest BCUT2D eigenvalue weighted by molar-refractivity contribution is 5.38. The molecule has 0 aromatic rings. The summed E-state index contributed by atoms with van der Waals surface area (Å²) in [4.78, 5) is 0. The maximum absolute atomic E-state index is 10.9. The van der Waals surface area contributed by atoms with Gasteiger partial charge in [0.15, 0.2) is 0 Å². The van der Waals surface area contributed by atoms with Crippen molar-refractivity contribution in [3.05, 3.63) is 47.1 Å².